The van der Waals surface area contributed by atoms with Crippen LogP contribution in [0.5, 0.6) is 0 Å². The number of carbonyl (C=O) groups excluding carboxylic acids is 1. The zero-order chi connectivity index (χ0) is 16.2. The predicted molar refractivity (Wildman–Crippen MR) is 82.9 cm³/mol. The van der Waals surface area contributed by atoms with Crippen molar-refractivity contribution in [3.63, 3.8) is 0 Å². The van der Waals surface area contributed by atoms with E-state index in [0.29, 0.717) is 19.6 Å². The van der Waals surface area contributed by atoms with E-state index in [1.807, 2.05) is 13.2 Å². The molecule has 1 saturated heterocycles. The van der Waals surface area contributed by atoms with E-state index in [0.717, 1.165) is 31.1 Å². The highest BCUT2D eigenvalue weighted by molar-refractivity contribution is 7.88. The number of nitrogens with one attached hydrogen (secondary N) is 2. The molecule has 0 saturated carbocycles. The molecular weight excluding hydrogens is 306 g/mol. The van der Waals surface area contributed by atoms with Gasteiger partial charge in [-0.05, 0) is 24.8 Å². The number of hydrogen-bond donors (Lipinski definition) is 2. The number of urea groups is 1. The summed E-state index contributed by atoms with van der Waals surface area (Å²) < 4.78 is 26.8. The summed E-state index contributed by atoms with van der Waals surface area (Å²) in [5, 5.41) is 6.94. The minimum absolute atomic E-state index is 0.149. The van der Waals surface area contributed by atoms with Crippen LogP contribution in [0.15, 0.2) is 12.4 Å². The average Bonchev–Trinajstić information content (AvgIpc) is 2.83. The fraction of sp³-hybridized carbons (Fsp3) is 0.692. The van der Waals surface area contributed by atoms with E-state index in [1.54, 1.807) is 15.8 Å². The third kappa shape index (κ3) is 5.30. The summed E-state index contributed by atoms with van der Waals surface area (Å²) in [6.45, 7) is 1.59. The van der Waals surface area contributed by atoms with Gasteiger partial charge in [0, 0.05) is 38.9 Å². The van der Waals surface area contributed by atoms with Crippen molar-refractivity contribution in [1.29, 1.82) is 0 Å². The van der Waals surface area contributed by atoms with E-state index in [-0.39, 0.29) is 12.1 Å². The largest absolute Gasteiger partial charge is 0.338 e. The molecule has 1 aromatic heterocycles. The molecule has 1 fully saturated rings. The first-order chi connectivity index (χ1) is 10.3. The van der Waals surface area contributed by atoms with E-state index in [2.05, 4.69) is 15.1 Å². The SMILES string of the molecule is Cn1cc(CCNC(=O)N2CCCC(NS(C)(=O)=O)C2)cn1. The number of rotatable bonds is 5. The Morgan fingerprint density at radius 1 is 1.50 bits per heavy atom. The van der Waals surface area contributed by atoms with E-state index in [1.165, 1.54) is 0 Å². The Kier molecular flexibility index (Phi) is 5.41. The topological polar surface area (TPSA) is 96.3 Å². The molecule has 0 spiro atoms. The maximum atomic E-state index is 12.1. The number of aromatic nitrogens is 2. The molecule has 124 valence electrons. The third-order valence-electron chi connectivity index (χ3n) is 3.54. The van der Waals surface area contributed by atoms with Crippen LogP contribution in [0.25, 0.3) is 0 Å². The summed E-state index contributed by atoms with van der Waals surface area (Å²) in [6, 6.07) is -0.350. The molecular formula is C13H23N5O3S. The Morgan fingerprint density at radius 3 is 2.91 bits per heavy atom. The molecule has 1 unspecified atom stereocenters. The molecule has 0 bridgehead atoms. The minimum Gasteiger partial charge on any atom is -0.338 e. The maximum absolute atomic E-state index is 12.1. The normalized spacial score (nSPS) is 19.2. The van der Waals surface area contributed by atoms with Crippen molar-refractivity contribution in [2.75, 3.05) is 25.9 Å². The number of amides is 2. The lowest BCUT2D eigenvalue weighted by Crippen LogP contribution is -2.52. The summed E-state index contributed by atoms with van der Waals surface area (Å²) in [5.74, 6) is 0. The lowest BCUT2D eigenvalue weighted by molar-refractivity contribution is 0.177. The molecule has 1 aromatic rings. The van der Waals surface area contributed by atoms with Gasteiger partial charge in [-0.15, -0.1) is 0 Å². The summed E-state index contributed by atoms with van der Waals surface area (Å²) >= 11 is 0. The van der Waals surface area contributed by atoms with E-state index in [9.17, 15) is 13.2 Å². The van der Waals surface area contributed by atoms with Gasteiger partial charge in [-0.2, -0.15) is 5.10 Å². The monoisotopic (exact) mass is 329 g/mol. The number of nitrogens with zero attached hydrogens (tertiary/aromatic N) is 3. The van der Waals surface area contributed by atoms with Crippen molar-refractivity contribution in [3.05, 3.63) is 18.0 Å². The van der Waals surface area contributed by atoms with Gasteiger partial charge in [0.1, 0.15) is 0 Å². The maximum Gasteiger partial charge on any atom is 0.317 e. The number of likely N-dealkylation sites (tertiary alicyclic amines) is 1. The predicted octanol–water partition coefficient (Wildman–Crippen LogP) is -0.314. The van der Waals surface area contributed by atoms with E-state index in [4.69, 9.17) is 0 Å². The summed E-state index contributed by atoms with van der Waals surface area (Å²) in [7, 11) is -1.39. The van der Waals surface area contributed by atoms with Crippen molar-refractivity contribution in [2.24, 2.45) is 7.05 Å². The Morgan fingerprint density at radius 2 is 2.27 bits per heavy atom. The first-order valence-electron chi connectivity index (χ1n) is 7.31. The highest BCUT2D eigenvalue weighted by atomic mass is 32.2. The fourth-order valence-corrected chi connectivity index (χ4v) is 3.38. The lowest BCUT2D eigenvalue weighted by Gasteiger charge is -2.32. The van der Waals surface area contributed by atoms with Gasteiger partial charge in [0.25, 0.3) is 0 Å². The molecule has 1 aliphatic rings. The standard InChI is InChI=1S/C13H23N5O3S/c1-17-9-11(8-15-17)5-6-14-13(19)18-7-3-4-12(10-18)16-22(2,20)21/h8-9,12,16H,3-7,10H2,1-2H3,(H,14,19). The van der Waals surface area contributed by atoms with Crippen LogP contribution in [0, 0.1) is 0 Å². The third-order valence-corrected chi connectivity index (χ3v) is 4.30. The molecule has 0 aliphatic carbocycles. The highest BCUT2D eigenvalue weighted by Gasteiger charge is 2.25. The van der Waals surface area contributed by atoms with Gasteiger partial charge >= 0.3 is 6.03 Å². The van der Waals surface area contributed by atoms with Crippen LogP contribution in [-0.2, 0) is 23.5 Å². The Hall–Kier alpha value is -1.61. The first kappa shape index (κ1) is 16.8. The van der Waals surface area contributed by atoms with Crippen LogP contribution in [0.4, 0.5) is 4.79 Å². The number of aryl methyl sites for hydroxylation is 1. The Bertz CT molecular complexity index is 613. The van der Waals surface area contributed by atoms with Gasteiger partial charge in [0.15, 0.2) is 0 Å². The zero-order valence-corrected chi connectivity index (χ0v) is 13.8. The molecule has 8 nitrogen and oxygen atoms in total. The van der Waals surface area contributed by atoms with Gasteiger partial charge in [-0.3, -0.25) is 4.68 Å². The van der Waals surface area contributed by atoms with Gasteiger partial charge in [0.05, 0.1) is 12.5 Å². The molecule has 2 heterocycles. The van der Waals surface area contributed by atoms with Crippen molar-refractivity contribution in [2.45, 2.75) is 25.3 Å². The second kappa shape index (κ2) is 7.10. The molecule has 1 aliphatic heterocycles. The van der Waals surface area contributed by atoms with Gasteiger partial charge in [-0.1, -0.05) is 0 Å². The van der Waals surface area contributed by atoms with Crippen molar-refractivity contribution in [1.82, 2.24) is 24.7 Å². The Labute approximate surface area is 130 Å². The van der Waals surface area contributed by atoms with Crippen molar-refractivity contribution < 1.29 is 13.2 Å². The number of hydrogen-bond acceptors (Lipinski definition) is 4. The fourth-order valence-electron chi connectivity index (χ4n) is 2.59. The molecule has 1 atom stereocenters. The molecule has 2 amide bonds. The van der Waals surface area contributed by atoms with Crippen LogP contribution < -0.4 is 10.0 Å². The van der Waals surface area contributed by atoms with Gasteiger partial charge in [0.2, 0.25) is 10.0 Å². The van der Waals surface area contributed by atoms with Gasteiger partial charge < -0.3 is 10.2 Å². The summed E-state index contributed by atoms with van der Waals surface area (Å²) in [6.07, 6.45) is 7.10. The number of carbonyl (C=O) groups is 1. The molecule has 9 heteroatoms. The van der Waals surface area contributed by atoms with Crippen LogP contribution in [0.1, 0.15) is 18.4 Å². The van der Waals surface area contributed by atoms with Crippen molar-refractivity contribution in [3.8, 4) is 0 Å². The molecule has 2 N–H and O–H groups in total. The summed E-state index contributed by atoms with van der Waals surface area (Å²) in [4.78, 5) is 13.8. The molecule has 22 heavy (non-hydrogen) atoms. The zero-order valence-electron chi connectivity index (χ0n) is 12.9. The molecule has 0 radical (unpaired) electrons. The van der Waals surface area contributed by atoms with Crippen LogP contribution in [0.2, 0.25) is 0 Å². The van der Waals surface area contributed by atoms with Crippen LogP contribution in [0.3, 0.4) is 0 Å². The highest BCUT2D eigenvalue weighted by Crippen LogP contribution is 2.11. The lowest BCUT2D eigenvalue weighted by atomic mass is 10.1. The molecule has 2 rings (SSSR count). The molecule has 0 aromatic carbocycles. The second-order valence-corrected chi connectivity index (χ2v) is 7.46. The summed E-state index contributed by atoms with van der Waals surface area (Å²) in [5.41, 5.74) is 1.07. The van der Waals surface area contributed by atoms with E-state index >= 15 is 0 Å². The number of piperidine rings is 1. The minimum atomic E-state index is -3.24. The van der Waals surface area contributed by atoms with Crippen molar-refractivity contribution >= 4 is 16.1 Å². The van der Waals surface area contributed by atoms with E-state index < -0.39 is 10.0 Å². The number of sulfonamides is 1. The van der Waals surface area contributed by atoms with Crippen LogP contribution in [-0.4, -0.2) is 61.1 Å². The average molecular weight is 329 g/mol. The quantitative estimate of drug-likeness (QED) is 0.774. The second-order valence-electron chi connectivity index (χ2n) is 5.68. The smallest absolute Gasteiger partial charge is 0.317 e. The first-order valence-corrected chi connectivity index (χ1v) is 9.20. The Balaban J connectivity index is 1.76. The van der Waals surface area contributed by atoms with Gasteiger partial charge in [-0.25, -0.2) is 17.9 Å². The van der Waals surface area contributed by atoms with Crippen LogP contribution >= 0.6 is 0 Å².